The minimum absolute atomic E-state index is 0.687. The van der Waals surface area contributed by atoms with Crippen molar-refractivity contribution in [2.24, 2.45) is 0 Å². The molecule has 0 spiro atoms. The molecule has 0 bridgehead atoms. The van der Waals surface area contributed by atoms with Crippen molar-refractivity contribution in [2.45, 2.75) is 51.5 Å². The van der Waals surface area contributed by atoms with Crippen molar-refractivity contribution in [1.29, 1.82) is 0 Å². The molecule has 0 aromatic heterocycles. The van der Waals surface area contributed by atoms with E-state index in [4.69, 9.17) is 23.7 Å². The van der Waals surface area contributed by atoms with Crippen LogP contribution < -0.4 is 0 Å². The van der Waals surface area contributed by atoms with Crippen LogP contribution in [-0.2, 0) is 38.1 Å². The number of methoxy groups -OCH3 is 1. The van der Waals surface area contributed by atoms with E-state index in [1.807, 2.05) is 0 Å². The molecule has 1 aliphatic rings. The molecule has 1 rings (SSSR count). The molecule has 0 radical (unpaired) electrons. The molecule has 0 aromatic rings. The number of alkyl halides is 1. The third-order valence-corrected chi connectivity index (χ3v) is 2.88. The predicted molar refractivity (Wildman–Crippen MR) is 68.3 cm³/mol. The summed E-state index contributed by atoms with van der Waals surface area (Å²) in [6.07, 6.45) is -6.09. The summed E-state index contributed by atoms with van der Waals surface area (Å²) in [5.41, 5.74) is 0. The molecule has 22 heavy (non-hydrogen) atoms. The van der Waals surface area contributed by atoms with Crippen LogP contribution in [0.3, 0.4) is 0 Å². The Morgan fingerprint density at radius 1 is 0.909 bits per heavy atom. The van der Waals surface area contributed by atoms with Crippen LogP contribution in [0.1, 0.15) is 20.8 Å². The van der Waals surface area contributed by atoms with E-state index in [9.17, 15) is 18.8 Å². The first-order valence-electron chi connectivity index (χ1n) is 6.56. The summed E-state index contributed by atoms with van der Waals surface area (Å²) in [5.74, 6) is -2.12. The maximum Gasteiger partial charge on any atom is 0.303 e. The molecule has 8 nitrogen and oxygen atoms in total. The SMILES string of the molecule is CO[C@@H]1O[C@H](CF)[C@H](OC(C)=O)[C@H](OC(C)=O)[C@H]1OC(C)=O. The number of hydrogen-bond acceptors (Lipinski definition) is 8. The Hall–Kier alpha value is -1.74. The van der Waals surface area contributed by atoms with Gasteiger partial charge in [-0.25, -0.2) is 4.39 Å². The van der Waals surface area contributed by atoms with Gasteiger partial charge in [0, 0.05) is 27.9 Å². The van der Waals surface area contributed by atoms with E-state index in [0.29, 0.717) is 0 Å². The van der Waals surface area contributed by atoms with Crippen LogP contribution in [0, 0.1) is 0 Å². The van der Waals surface area contributed by atoms with Crippen molar-refractivity contribution in [1.82, 2.24) is 0 Å². The van der Waals surface area contributed by atoms with Crippen LogP contribution in [0.5, 0.6) is 0 Å². The number of rotatable bonds is 5. The van der Waals surface area contributed by atoms with E-state index in [1.165, 1.54) is 7.11 Å². The first-order chi connectivity index (χ1) is 10.3. The van der Waals surface area contributed by atoms with Crippen molar-refractivity contribution in [2.75, 3.05) is 13.8 Å². The molecule has 126 valence electrons. The molecule has 0 aliphatic carbocycles. The van der Waals surface area contributed by atoms with Crippen molar-refractivity contribution in [3.63, 3.8) is 0 Å². The smallest absolute Gasteiger partial charge is 0.303 e. The van der Waals surface area contributed by atoms with Gasteiger partial charge in [0.25, 0.3) is 0 Å². The summed E-state index contributed by atoms with van der Waals surface area (Å²) >= 11 is 0. The number of esters is 3. The van der Waals surface area contributed by atoms with Crippen LogP contribution in [0.25, 0.3) is 0 Å². The fourth-order valence-corrected chi connectivity index (χ4v) is 2.17. The van der Waals surface area contributed by atoms with Gasteiger partial charge in [-0.3, -0.25) is 14.4 Å². The van der Waals surface area contributed by atoms with E-state index in [-0.39, 0.29) is 0 Å². The minimum Gasteiger partial charge on any atom is -0.456 e. The molecule has 5 atom stereocenters. The zero-order valence-corrected chi connectivity index (χ0v) is 12.7. The van der Waals surface area contributed by atoms with Crippen LogP contribution in [0.4, 0.5) is 4.39 Å². The van der Waals surface area contributed by atoms with Gasteiger partial charge in [-0.2, -0.15) is 0 Å². The largest absolute Gasteiger partial charge is 0.456 e. The molecule has 1 fully saturated rings. The third kappa shape index (κ3) is 4.63. The monoisotopic (exact) mass is 322 g/mol. The Kier molecular flexibility index (Phi) is 6.69. The van der Waals surface area contributed by atoms with Crippen LogP contribution >= 0.6 is 0 Å². The number of hydrogen-bond donors (Lipinski definition) is 0. The zero-order chi connectivity index (χ0) is 16.9. The highest BCUT2D eigenvalue weighted by Gasteiger charge is 2.52. The quantitative estimate of drug-likeness (QED) is 0.520. The van der Waals surface area contributed by atoms with E-state index in [2.05, 4.69) is 0 Å². The highest BCUT2D eigenvalue weighted by molar-refractivity contribution is 5.68. The first-order valence-corrected chi connectivity index (χ1v) is 6.56. The molecule has 0 amide bonds. The molecule has 0 aromatic carbocycles. The van der Waals surface area contributed by atoms with Gasteiger partial charge in [0.05, 0.1) is 0 Å². The number of carbonyl (C=O) groups excluding carboxylic acids is 3. The molecule has 0 saturated carbocycles. The molecular weight excluding hydrogens is 303 g/mol. The molecule has 1 saturated heterocycles. The lowest BCUT2D eigenvalue weighted by Gasteiger charge is -2.43. The number of ether oxygens (including phenoxy) is 5. The topological polar surface area (TPSA) is 97.4 Å². The van der Waals surface area contributed by atoms with Gasteiger partial charge >= 0.3 is 17.9 Å². The molecule has 1 heterocycles. The average Bonchev–Trinajstić information content (AvgIpc) is 2.41. The fourth-order valence-electron chi connectivity index (χ4n) is 2.17. The third-order valence-electron chi connectivity index (χ3n) is 2.88. The Bertz CT molecular complexity index is 396. The van der Waals surface area contributed by atoms with Crippen molar-refractivity contribution in [3.8, 4) is 0 Å². The first kappa shape index (κ1) is 18.3. The number of carbonyl (C=O) groups is 3. The highest BCUT2D eigenvalue weighted by Crippen LogP contribution is 2.29. The van der Waals surface area contributed by atoms with Crippen molar-refractivity contribution < 1.29 is 42.5 Å². The summed E-state index contributed by atoms with van der Waals surface area (Å²) in [5, 5.41) is 0. The van der Waals surface area contributed by atoms with E-state index in [0.717, 1.165) is 20.8 Å². The zero-order valence-electron chi connectivity index (χ0n) is 12.7. The lowest BCUT2D eigenvalue weighted by molar-refractivity contribution is -0.299. The van der Waals surface area contributed by atoms with Gasteiger partial charge in [-0.1, -0.05) is 0 Å². The van der Waals surface area contributed by atoms with Crippen molar-refractivity contribution >= 4 is 17.9 Å². The van der Waals surface area contributed by atoms with Gasteiger partial charge in [0.1, 0.15) is 12.8 Å². The maximum absolute atomic E-state index is 13.2. The summed E-state index contributed by atoms with van der Waals surface area (Å²) in [4.78, 5) is 33.7. The summed E-state index contributed by atoms with van der Waals surface area (Å²) in [6.45, 7) is 2.36. The standard InChI is InChI=1S/C13H19FO8/c1-6(15)19-10-9(5-14)22-13(18-4)12(21-8(3)17)11(10)20-7(2)16/h9-13H,5H2,1-4H3/t9-,10+,11+,12-,13-/m1/s1. The van der Waals surface area contributed by atoms with Crippen LogP contribution in [0.15, 0.2) is 0 Å². The summed E-state index contributed by atoms with van der Waals surface area (Å²) < 4.78 is 38.5. The predicted octanol–water partition coefficient (Wildman–Crippen LogP) is 0.122. The molecular formula is C13H19FO8. The lowest BCUT2D eigenvalue weighted by Crippen LogP contribution is -2.62. The van der Waals surface area contributed by atoms with Gasteiger partial charge in [0.15, 0.2) is 24.6 Å². The second-order valence-corrected chi connectivity index (χ2v) is 4.66. The molecule has 0 unspecified atom stereocenters. The Morgan fingerprint density at radius 3 is 1.77 bits per heavy atom. The van der Waals surface area contributed by atoms with Gasteiger partial charge < -0.3 is 23.7 Å². The normalized spacial score (nSPS) is 31.2. The lowest BCUT2D eigenvalue weighted by atomic mass is 9.98. The molecule has 1 aliphatic heterocycles. The van der Waals surface area contributed by atoms with E-state index in [1.54, 1.807) is 0 Å². The van der Waals surface area contributed by atoms with Gasteiger partial charge in [-0.05, 0) is 0 Å². The van der Waals surface area contributed by atoms with E-state index >= 15 is 0 Å². The average molecular weight is 322 g/mol. The van der Waals surface area contributed by atoms with Gasteiger partial charge in [0.2, 0.25) is 0 Å². The Labute approximate surface area is 126 Å². The summed E-state index contributed by atoms with van der Waals surface area (Å²) in [7, 11) is 1.26. The Morgan fingerprint density at radius 2 is 1.36 bits per heavy atom. The maximum atomic E-state index is 13.2. The van der Waals surface area contributed by atoms with E-state index < -0.39 is 55.3 Å². The molecule has 9 heteroatoms. The highest BCUT2D eigenvalue weighted by atomic mass is 19.1. The minimum atomic E-state index is -1.26. The second-order valence-electron chi connectivity index (χ2n) is 4.66. The van der Waals surface area contributed by atoms with Crippen molar-refractivity contribution in [3.05, 3.63) is 0 Å². The summed E-state index contributed by atoms with van der Waals surface area (Å²) in [6, 6.07) is 0. The van der Waals surface area contributed by atoms with Crippen LogP contribution in [0.2, 0.25) is 0 Å². The second kappa shape index (κ2) is 8.04. The number of halogens is 1. The Balaban J connectivity index is 3.14. The fraction of sp³-hybridized carbons (Fsp3) is 0.769. The van der Waals surface area contributed by atoms with Gasteiger partial charge in [-0.15, -0.1) is 0 Å². The van der Waals surface area contributed by atoms with Crippen LogP contribution in [-0.4, -0.2) is 62.4 Å². The molecule has 0 N–H and O–H groups in total.